The second kappa shape index (κ2) is 1.58. The van der Waals surface area contributed by atoms with Crippen molar-refractivity contribution < 1.29 is 10.5 Å². The topological polar surface area (TPSA) is 36.9 Å². The molecule has 0 bridgehead atoms. The van der Waals surface area contributed by atoms with Gasteiger partial charge in [0, 0.05) is 6.42 Å². The molecule has 0 aromatic rings. The third kappa shape index (κ3) is 0.698. The second-order valence-electron chi connectivity index (χ2n) is 1.73. The summed E-state index contributed by atoms with van der Waals surface area (Å²) >= 11 is 0. The lowest BCUT2D eigenvalue weighted by atomic mass is 10.3. The minimum absolute atomic E-state index is 0.574. The molecule has 0 saturated carbocycles. The van der Waals surface area contributed by atoms with E-state index in [0.717, 1.165) is 19.6 Å². The fourth-order valence-corrected chi connectivity index (χ4v) is 0.583. The summed E-state index contributed by atoms with van der Waals surface area (Å²) < 4.78 is 4.99. The normalized spacial score (nSPS) is 34.5. The molecule has 1 heterocycles. The predicted octanol–water partition coefficient (Wildman–Crippen LogP) is -0.983. The molecule has 1 atom stereocenters. The van der Waals surface area contributed by atoms with Crippen molar-refractivity contribution in [3.05, 3.63) is 0 Å². The minimum atomic E-state index is 0.574. The first-order valence-corrected chi connectivity index (χ1v) is 2.30. The van der Waals surface area contributed by atoms with Crippen molar-refractivity contribution in [3.63, 3.8) is 0 Å². The van der Waals surface area contributed by atoms with Crippen LogP contribution in [-0.2, 0) is 4.74 Å². The molecule has 0 aromatic heterocycles. The molecular weight excluding hydrogens is 78.0 g/mol. The van der Waals surface area contributed by atoms with E-state index in [0.29, 0.717) is 6.04 Å². The third-order valence-corrected chi connectivity index (χ3v) is 1.02. The van der Waals surface area contributed by atoms with Gasteiger partial charge in [-0.2, -0.15) is 0 Å². The molecular formula is C4H10NO+. The maximum Gasteiger partial charge on any atom is 0.110 e. The lowest BCUT2D eigenvalue weighted by Crippen LogP contribution is -2.61. The van der Waals surface area contributed by atoms with Gasteiger partial charge in [-0.25, -0.2) is 0 Å². The highest BCUT2D eigenvalue weighted by Crippen LogP contribution is 1.96. The van der Waals surface area contributed by atoms with Crippen LogP contribution in [0.15, 0.2) is 0 Å². The average molecular weight is 88.1 g/mol. The molecule has 1 fully saturated rings. The Morgan fingerprint density at radius 2 is 2.50 bits per heavy atom. The first kappa shape index (κ1) is 4.09. The molecule has 0 aliphatic carbocycles. The fourth-order valence-electron chi connectivity index (χ4n) is 0.583. The Balaban J connectivity index is 2.18. The Morgan fingerprint density at radius 1 is 1.67 bits per heavy atom. The summed E-state index contributed by atoms with van der Waals surface area (Å²) in [7, 11) is 0. The highest BCUT2D eigenvalue weighted by Gasteiger charge is 2.11. The third-order valence-electron chi connectivity index (χ3n) is 1.02. The van der Waals surface area contributed by atoms with Crippen LogP contribution in [0.4, 0.5) is 0 Å². The number of hydrogen-bond donors (Lipinski definition) is 1. The molecule has 0 unspecified atom stereocenters. The molecule has 36 valence electrons. The standard InChI is InChI=1S/C4H9NO/c5-4-1-2-6-3-4/h4H,1-3,5H2/p+1/t4-/m1/s1. The second-order valence-corrected chi connectivity index (χ2v) is 1.73. The molecule has 3 N–H and O–H groups in total. The highest BCUT2D eigenvalue weighted by atomic mass is 16.5. The molecule has 1 aliphatic rings. The zero-order valence-electron chi connectivity index (χ0n) is 3.81. The Labute approximate surface area is 37.3 Å². The number of quaternary nitrogens is 1. The molecule has 2 heteroatoms. The van der Waals surface area contributed by atoms with E-state index >= 15 is 0 Å². The smallest absolute Gasteiger partial charge is 0.110 e. The van der Waals surface area contributed by atoms with Crippen LogP contribution >= 0.6 is 0 Å². The van der Waals surface area contributed by atoms with Crippen LogP contribution in [0.25, 0.3) is 0 Å². The summed E-state index contributed by atoms with van der Waals surface area (Å²) in [4.78, 5) is 0. The van der Waals surface area contributed by atoms with Crippen molar-refractivity contribution in [2.75, 3.05) is 13.2 Å². The monoisotopic (exact) mass is 88.1 g/mol. The van der Waals surface area contributed by atoms with Gasteiger partial charge in [0.1, 0.15) is 6.04 Å². The summed E-state index contributed by atoms with van der Waals surface area (Å²) in [6.07, 6.45) is 1.15. The maximum atomic E-state index is 4.99. The number of hydrogen-bond acceptors (Lipinski definition) is 1. The Bertz CT molecular complexity index is 40.8. The van der Waals surface area contributed by atoms with Crippen LogP contribution < -0.4 is 5.73 Å². The van der Waals surface area contributed by atoms with Crippen molar-refractivity contribution in [1.82, 2.24) is 0 Å². The quantitative estimate of drug-likeness (QED) is 0.406. The summed E-state index contributed by atoms with van der Waals surface area (Å²) in [6, 6.07) is 0.574. The Kier molecular flexibility index (Phi) is 1.08. The zero-order valence-corrected chi connectivity index (χ0v) is 3.81. The molecule has 1 rings (SSSR count). The molecule has 2 nitrogen and oxygen atoms in total. The van der Waals surface area contributed by atoms with Gasteiger partial charge in [0.2, 0.25) is 0 Å². The van der Waals surface area contributed by atoms with Crippen LogP contribution in [0.3, 0.4) is 0 Å². The number of ether oxygens (including phenoxy) is 1. The molecule has 0 amide bonds. The van der Waals surface area contributed by atoms with Gasteiger partial charge in [-0.3, -0.25) is 0 Å². The van der Waals surface area contributed by atoms with Gasteiger partial charge in [-0.15, -0.1) is 0 Å². The lowest BCUT2D eigenvalue weighted by molar-refractivity contribution is -0.416. The summed E-state index contributed by atoms with van der Waals surface area (Å²) in [6.45, 7) is 1.80. The highest BCUT2D eigenvalue weighted by molar-refractivity contribution is 4.56. The fraction of sp³-hybridized carbons (Fsp3) is 1.00. The van der Waals surface area contributed by atoms with Crippen LogP contribution in [0.5, 0.6) is 0 Å². The minimum Gasteiger partial charge on any atom is -0.375 e. The van der Waals surface area contributed by atoms with Crippen LogP contribution in [-0.4, -0.2) is 19.3 Å². The van der Waals surface area contributed by atoms with Gasteiger partial charge in [0.25, 0.3) is 0 Å². The van der Waals surface area contributed by atoms with E-state index in [-0.39, 0.29) is 0 Å². The van der Waals surface area contributed by atoms with Crippen molar-refractivity contribution in [1.29, 1.82) is 0 Å². The van der Waals surface area contributed by atoms with Gasteiger partial charge in [-0.05, 0) is 0 Å². The van der Waals surface area contributed by atoms with E-state index in [9.17, 15) is 0 Å². The van der Waals surface area contributed by atoms with E-state index in [1.807, 2.05) is 0 Å². The summed E-state index contributed by atoms with van der Waals surface area (Å²) in [5.41, 5.74) is 3.81. The van der Waals surface area contributed by atoms with E-state index < -0.39 is 0 Å². The Hall–Kier alpha value is -0.0800. The SMILES string of the molecule is [NH3+][C@@H]1CCOC1. The van der Waals surface area contributed by atoms with Gasteiger partial charge in [-0.1, -0.05) is 0 Å². The average Bonchev–Trinajstić information content (AvgIpc) is 1.86. The van der Waals surface area contributed by atoms with Crippen molar-refractivity contribution in [2.24, 2.45) is 0 Å². The van der Waals surface area contributed by atoms with Gasteiger partial charge in [0.05, 0.1) is 13.2 Å². The first-order chi connectivity index (χ1) is 2.89. The van der Waals surface area contributed by atoms with Crippen LogP contribution in [0.2, 0.25) is 0 Å². The van der Waals surface area contributed by atoms with Gasteiger partial charge >= 0.3 is 0 Å². The molecule has 0 radical (unpaired) electrons. The van der Waals surface area contributed by atoms with E-state index in [1.165, 1.54) is 0 Å². The largest absolute Gasteiger partial charge is 0.375 e. The molecule has 0 spiro atoms. The van der Waals surface area contributed by atoms with Crippen molar-refractivity contribution >= 4 is 0 Å². The van der Waals surface area contributed by atoms with E-state index in [4.69, 9.17) is 4.74 Å². The van der Waals surface area contributed by atoms with Gasteiger partial charge in [0.15, 0.2) is 0 Å². The predicted molar refractivity (Wildman–Crippen MR) is 22.1 cm³/mol. The number of rotatable bonds is 0. The Morgan fingerprint density at radius 3 is 2.67 bits per heavy atom. The molecule has 0 aromatic carbocycles. The first-order valence-electron chi connectivity index (χ1n) is 2.30. The maximum absolute atomic E-state index is 4.99. The molecule has 1 saturated heterocycles. The molecule has 1 aliphatic heterocycles. The lowest BCUT2D eigenvalue weighted by Gasteiger charge is -1.86. The van der Waals surface area contributed by atoms with Gasteiger partial charge < -0.3 is 10.5 Å². The van der Waals surface area contributed by atoms with Crippen LogP contribution in [0.1, 0.15) is 6.42 Å². The van der Waals surface area contributed by atoms with Crippen molar-refractivity contribution in [3.8, 4) is 0 Å². The van der Waals surface area contributed by atoms with E-state index in [2.05, 4.69) is 5.73 Å². The van der Waals surface area contributed by atoms with E-state index in [1.54, 1.807) is 0 Å². The summed E-state index contributed by atoms with van der Waals surface area (Å²) in [5, 5.41) is 0. The zero-order chi connectivity index (χ0) is 4.41. The summed E-state index contributed by atoms with van der Waals surface area (Å²) in [5.74, 6) is 0. The van der Waals surface area contributed by atoms with Crippen LogP contribution in [0, 0.1) is 0 Å². The molecule has 6 heavy (non-hydrogen) atoms. The van der Waals surface area contributed by atoms with Crippen molar-refractivity contribution in [2.45, 2.75) is 12.5 Å².